The van der Waals surface area contributed by atoms with Crippen LogP contribution in [0.5, 0.6) is 5.75 Å². The number of hydrogen-bond donors (Lipinski definition) is 1. The van der Waals surface area contributed by atoms with E-state index in [4.69, 9.17) is 21.5 Å². The Morgan fingerprint density at radius 2 is 1.36 bits per heavy atom. The molecule has 0 fully saturated rings. The van der Waals surface area contributed by atoms with E-state index < -0.39 is 21.9 Å². The lowest BCUT2D eigenvalue weighted by Gasteiger charge is -2.17. The number of halogens is 4. The van der Waals surface area contributed by atoms with Crippen molar-refractivity contribution in [2.24, 2.45) is 5.14 Å². The van der Waals surface area contributed by atoms with Gasteiger partial charge in [0, 0.05) is 18.0 Å². The van der Waals surface area contributed by atoms with E-state index in [1.54, 1.807) is 24.3 Å². The van der Waals surface area contributed by atoms with Gasteiger partial charge >= 0.3 is 6.18 Å². The van der Waals surface area contributed by atoms with E-state index in [0.717, 1.165) is 35.0 Å². The molecule has 55 heavy (non-hydrogen) atoms. The van der Waals surface area contributed by atoms with Crippen LogP contribution in [0.3, 0.4) is 0 Å². The number of rotatable bonds is 12. The zero-order valence-corrected chi connectivity index (χ0v) is 32.2. The van der Waals surface area contributed by atoms with Crippen LogP contribution in [0.4, 0.5) is 13.2 Å². The van der Waals surface area contributed by atoms with Crippen molar-refractivity contribution in [3.63, 3.8) is 0 Å². The van der Waals surface area contributed by atoms with Crippen LogP contribution in [0.25, 0.3) is 28.1 Å². The summed E-state index contributed by atoms with van der Waals surface area (Å²) in [7, 11) is 0.197. The first-order valence-electron chi connectivity index (χ1n) is 17.4. The lowest BCUT2D eigenvalue weighted by Crippen LogP contribution is -2.19. The van der Waals surface area contributed by atoms with Crippen molar-refractivity contribution in [2.75, 3.05) is 33.1 Å². The van der Waals surface area contributed by atoms with Crippen LogP contribution in [0.1, 0.15) is 34.4 Å². The SMILES string of the molecule is CN(C)CCOc1ccc(/C(=C(/CCCl)c2ccccc2)c2ccccc2)cc1.Cc1ccc(-c2cc(C(F)(F)F)nn2-c2ccc(S(N)(=O)=O)cc2)cc1. The third-order valence-corrected chi connectivity index (χ3v) is 9.66. The quantitative estimate of drug-likeness (QED) is 0.0986. The molecule has 2 N–H and O–H groups in total. The Morgan fingerprint density at radius 3 is 1.89 bits per heavy atom. The van der Waals surface area contributed by atoms with Crippen molar-refractivity contribution in [1.29, 1.82) is 0 Å². The molecular formula is C43H42ClF3N4O3S. The van der Waals surface area contributed by atoms with E-state index in [2.05, 4.69) is 82.8 Å². The number of aryl methyl sites for hydroxylation is 1. The van der Waals surface area contributed by atoms with Gasteiger partial charge in [-0.05, 0) is 97.7 Å². The number of hydrogen-bond acceptors (Lipinski definition) is 5. The van der Waals surface area contributed by atoms with Gasteiger partial charge in [0.05, 0.1) is 16.3 Å². The zero-order valence-electron chi connectivity index (χ0n) is 30.7. The molecule has 12 heteroatoms. The number of allylic oxidation sites excluding steroid dienone is 1. The molecule has 0 unspecified atom stereocenters. The Kier molecular flexibility index (Phi) is 13.7. The summed E-state index contributed by atoms with van der Waals surface area (Å²) in [5, 5.41) is 8.70. The highest BCUT2D eigenvalue weighted by Crippen LogP contribution is 2.36. The van der Waals surface area contributed by atoms with Gasteiger partial charge in [0.15, 0.2) is 5.69 Å². The lowest BCUT2D eigenvalue weighted by atomic mass is 9.88. The standard InChI is InChI=1S/C26H28ClNO.C17H14F3N3O2S/c1-28(2)19-20-29-24-15-13-23(14-16-24)26(22-11-7-4-8-12-22)25(17-18-27)21-9-5-3-6-10-21;1-11-2-4-12(5-3-11)15-10-16(17(18,19)20)22-23(15)13-6-8-14(9-7-13)26(21,24)25/h3-16H,17-20H2,1-2H3;2-10H,1H3,(H2,21,24,25)/b26-25-;. The second kappa shape index (κ2) is 18.4. The summed E-state index contributed by atoms with van der Waals surface area (Å²) < 4.78 is 69.1. The minimum absolute atomic E-state index is 0.138. The minimum Gasteiger partial charge on any atom is -0.492 e. The van der Waals surface area contributed by atoms with Crippen molar-refractivity contribution in [2.45, 2.75) is 24.4 Å². The average Bonchev–Trinajstić information content (AvgIpc) is 3.63. The number of likely N-dealkylation sites (N-methyl/N-ethyl adjacent to an activating group) is 1. The molecular weight excluding hydrogens is 745 g/mol. The Bertz CT molecular complexity index is 2280. The number of ether oxygens (including phenoxy) is 1. The van der Waals surface area contributed by atoms with E-state index >= 15 is 0 Å². The first-order valence-corrected chi connectivity index (χ1v) is 19.5. The number of nitrogens with zero attached hydrogens (tertiary/aromatic N) is 3. The fraction of sp³-hybridized carbons (Fsp3) is 0.186. The van der Waals surface area contributed by atoms with Crippen molar-refractivity contribution >= 4 is 32.8 Å². The molecule has 0 amide bonds. The predicted molar refractivity (Wildman–Crippen MR) is 215 cm³/mol. The Hall–Kier alpha value is -5.20. The lowest BCUT2D eigenvalue weighted by molar-refractivity contribution is -0.141. The van der Waals surface area contributed by atoms with E-state index in [1.807, 2.05) is 33.2 Å². The minimum atomic E-state index is -4.61. The molecule has 6 rings (SSSR count). The van der Waals surface area contributed by atoms with Gasteiger partial charge in [-0.2, -0.15) is 18.3 Å². The Labute approximate surface area is 325 Å². The highest BCUT2D eigenvalue weighted by Gasteiger charge is 2.35. The van der Waals surface area contributed by atoms with Gasteiger partial charge in [-0.25, -0.2) is 18.2 Å². The summed E-state index contributed by atoms with van der Waals surface area (Å²) in [6.45, 7) is 3.44. The summed E-state index contributed by atoms with van der Waals surface area (Å²) in [6.07, 6.45) is -3.80. The molecule has 0 spiro atoms. The van der Waals surface area contributed by atoms with Gasteiger partial charge in [0.1, 0.15) is 12.4 Å². The molecule has 0 aliphatic heterocycles. The normalized spacial score (nSPS) is 12.2. The van der Waals surface area contributed by atoms with Gasteiger partial charge in [-0.15, -0.1) is 11.6 Å². The van der Waals surface area contributed by atoms with E-state index in [9.17, 15) is 21.6 Å². The number of alkyl halides is 4. The highest BCUT2D eigenvalue weighted by molar-refractivity contribution is 7.89. The fourth-order valence-electron chi connectivity index (χ4n) is 5.75. The second-order valence-corrected chi connectivity index (χ2v) is 14.9. The molecule has 0 saturated carbocycles. The molecule has 286 valence electrons. The van der Waals surface area contributed by atoms with Gasteiger partial charge in [0.25, 0.3) is 0 Å². The topological polar surface area (TPSA) is 90.4 Å². The third kappa shape index (κ3) is 11.2. The summed E-state index contributed by atoms with van der Waals surface area (Å²) in [5.41, 5.74) is 7.04. The molecule has 5 aromatic carbocycles. The third-order valence-electron chi connectivity index (χ3n) is 8.54. The van der Waals surface area contributed by atoms with Gasteiger partial charge < -0.3 is 9.64 Å². The van der Waals surface area contributed by atoms with Crippen LogP contribution < -0.4 is 9.88 Å². The molecule has 6 aromatic rings. The second-order valence-electron chi connectivity index (χ2n) is 12.9. The van der Waals surface area contributed by atoms with Crippen LogP contribution in [-0.2, 0) is 16.2 Å². The molecule has 0 saturated heterocycles. The Morgan fingerprint density at radius 1 is 0.800 bits per heavy atom. The van der Waals surface area contributed by atoms with Crippen LogP contribution >= 0.6 is 11.6 Å². The van der Waals surface area contributed by atoms with E-state index in [0.29, 0.717) is 18.1 Å². The molecule has 0 aliphatic rings. The smallest absolute Gasteiger partial charge is 0.435 e. The maximum atomic E-state index is 13.1. The molecule has 0 radical (unpaired) electrons. The molecule has 0 aliphatic carbocycles. The fourth-order valence-corrected chi connectivity index (χ4v) is 6.46. The van der Waals surface area contributed by atoms with Gasteiger partial charge in [-0.1, -0.05) is 103 Å². The van der Waals surface area contributed by atoms with E-state index in [1.165, 1.54) is 52.1 Å². The Balaban J connectivity index is 0.000000212. The summed E-state index contributed by atoms with van der Waals surface area (Å²) in [4.78, 5) is 1.98. The zero-order chi connectivity index (χ0) is 39.6. The van der Waals surface area contributed by atoms with Crippen molar-refractivity contribution < 1.29 is 26.3 Å². The largest absolute Gasteiger partial charge is 0.492 e. The van der Waals surface area contributed by atoms with Crippen LogP contribution in [0, 0.1) is 6.92 Å². The number of sulfonamides is 1. The molecule has 1 heterocycles. The monoisotopic (exact) mass is 786 g/mol. The number of nitrogens with two attached hydrogens (primary N) is 1. The maximum Gasteiger partial charge on any atom is 0.435 e. The summed E-state index contributed by atoms with van der Waals surface area (Å²) in [5.74, 6) is 1.47. The maximum absolute atomic E-state index is 13.1. The highest BCUT2D eigenvalue weighted by atomic mass is 35.5. The molecule has 0 atom stereocenters. The first-order chi connectivity index (χ1) is 26.2. The van der Waals surface area contributed by atoms with E-state index in [-0.39, 0.29) is 16.3 Å². The first kappa shape index (κ1) is 41.0. The van der Waals surface area contributed by atoms with Crippen molar-refractivity contribution in [1.82, 2.24) is 14.7 Å². The van der Waals surface area contributed by atoms with Gasteiger partial charge in [-0.3, -0.25) is 0 Å². The molecule has 1 aromatic heterocycles. The molecule has 0 bridgehead atoms. The summed E-state index contributed by atoms with van der Waals surface area (Å²) in [6, 6.07) is 42.5. The average molecular weight is 787 g/mol. The van der Waals surface area contributed by atoms with Crippen molar-refractivity contribution in [3.8, 4) is 22.7 Å². The van der Waals surface area contributed by atoms with Gasteiger partial charge in [0.2, 0.25) is 10.0 Å². The van der Waals surface area contributed by atoms with Crippen LogP contribution in [0.15, 0.2) is 144 Å². The van der Waals surface area contributed by atoms with Crippen LogP contribution in [-0.4, -0.2) is 56.2 Å². The molecule has 7 nitrogen and oxygen atoms in total. The van der Waals surface area contributed by atoms with Crippen LogP contribution in [0.2, 0.25) is 0 Å². The predicted octanol–water partition coefficient (Wildman–Crippen LogP) is 9.73. The number of primary sulfonamides is 1. The van der Waals surface area contributed by atoms with Crippen molar-refractivity contribution in [3.05, 3.63) is 167 Å². The summed E-state index contributed by atoms with van der Waals surface area (Å²) >= 11 is 6.21. The number of benzene rings is 5. The number of aromatic nitrogens is 2.